The highest BCUT2D eigenvalue weighted by Crippen LogP contribution is 2.33. The maximum absolute atomic E-state index is 11.5. The van der Waals surface area contributed by atoms with Crippen LogP contribution >= 0.6 is 11.3 Å². The highest BCUT2D eigenvalue weighted by molar-refractivity contribution is 7.14. The van der Waals surface area contributed by atoms with Crippen LogP contribution in [0.15, 0.2) is 47.8 Å². The average Bonchev–Trinajstić information content (AvgIpc) is 3.28. The molecular weight excluding hydrogens is 304 g/mol. The van der Waals surface area contributed by atoms with Gasteiger partial charge in [-0.2, -0.15) is 0 Å². The molecule has 116 valence electrons. The van der Waals surface area contributed by atoms with Crippen molar-refractivity contribution in [1.29, 1.82) is 0 Å². The summed E-state index contributed by atoms with van der Waals surface area (Å²) in [5, 5.41) is 5.30. The molecular formula is C19H18N2OS. The van der Waals surface area contributed by atoms with Crippen molar-refractivity contribution in [2.24, 2.45) is 0 Å². The molecule has 0 atom stereocenters. The second kappa shape index (κ2) is 6.13. The largest absolute Gasteiger partial charge is 0.288 e. The van der Waals surface area contributed by atoms with Gasteiger partial charge in [0.1, 0.15) is 0 Å². The number of fused-ring (bicyclic) bond motifs is 1. The standard InChI is InChI=1S/C19H18N2OS/c22-13-21(17-7-3-4-8-17)19-20-18(12-23-19)16-10-9-14-5-1-2-6-15(14)11-16/h1-2,5-6,9-13,17H,3-4,7-8H2. The molecule has 0 unspecified atom stereocenters. The van der Waals surface area contributed by atoms with Gasteiger partial charge in [0.05, 0.1) is 5.69 Å². The Morgan fingerprint density at radius 3 is 2.65 bits per heavy atom. The summed E-state index contributed by atoms with van der Waals surface area (Å²) in [6.07, 6.45) is 5.53. The van der Waals surface area contributed by atoms with Crippen LogP contribution in [0.3, 0.4) is 0 Å². The SMILES string of the molecule is O=CN(c1nc(-c2ccc3ccccc3c2)cs1)C1CCCC1. The number of anilines is 1. The molecule has 3 nitrogen and oxygen atoms in total. The monoisotopic (exact) mass is 322 g/mol. The van der Waals surface area contributed by atoms with Crippen LogP contribution in [0.1, 0.15) is 25.7 Å². The van der Waals surface area contributed by atoms with Crippen molar-refractivity contribution in [3.05, 3.63) is 47.8 Å². The van der Waals surface area contributed by atoms with E-state index in [-0.39, 0.29) is 0 Å². The molecule has 23 heavy (non-hydrogen) atoms. The lowest BCUT2D eigenvalue weighted by atomic mass is 10.1. The second-order valence-corrected chi connectivity index (χ2v) is 6.86. The van der Waals surface area contributed by atoms with Gasteiger partial charge < -0.3 is 0 Å². The third kappa shape index (κ3) is 2.75. The minimum atomic E-state index is 0.322. The summed E-state index contributed by atoms with van der Waals surface area (Å²) in [7, 11) is 0. The van der Waals surface area contributed by atoms with Gasteiger partial charge in [-0.25, -0.2) is 4.98 Å². The molecule has 1 aromatic heterocycles. The average molecular weight is 322 g/mol. The fourth-order valence-corrected chi connectivity index (χ4v) is 4.20. The van der Waals surface area contributed by atoms with Crippen LogP contribution in [-0.4, -0.2) is 17.4 Å². The first kappa shape index (κ1) is 14.4. The summed E-state index contributed by atoms with van der Waals surface area (Å²) in [5.74, 6) is 0. The summed E-state index contributed by atoms with van der Waals surface area (Å²) in [6.45, 7) is 0. The predicted molar refractivity (Wildman–Crippen MR) is 95.9 cm³/mol. The lowest BCUT2D eigenvalue weighted by Crippen LogP contribution is -2.31. The number of hydrogen-bond donors (Lipinski definition) is 0. The van der Waals surface area contributed by atoms with Crippen molar-refractivity contribution in [3.8, 4) is 11.3 Å². The Morgan fingerprint density at radius 1 is 1.09 bits per heavy atom. The molecule has 1 aliphatic carbocycles. The molecule has 0 saturated heterocycles. The van der Waals surface area contributed by atoms with Crippen LogP contribution in [0.4, 0.5) is 5.13 Å². The quantitative estimate of drug-likeness (QED) is 0.642. The minimum Gasteiger partial charge on any atom is -0.288 e. The summed E-state index contributed by atoms with van der Waals surface area (Å²) < 4.78 is 0. The summed E-state index contributed by atoms with van der Waals surface area (Å²) >= 11 is 1.55. The third-order valence-electron chi connectivity index (χ3n) is 4.59. The molecule has 1 aliphatic rings. The van der Waals surface area contributed by atoms with Gasteiger partial charge >= 0.3 is 0 Å². The molecule has 0 spiro atoms. The van der Waals surface area contributed by atoms with E-state index < -0.39 is 0 Å². The first-order valence-electron chi connectivity index (χ1n) is 8.03. The normalized spacial score (nSPS) is 15.1. The van der Waals surface area contributed by atoms with E-state index in [9.17, 15) is 4.79 Å². The third-order valence-corrected chi connectivity index (χ3v) is 5.44. The Morgan fingerprint density at radius 2 is 1.87 bits per heavy atom. The molecule has 1 heterocycles. The van der Waals surface area contributed by atoms with E-state index in [1.165, 1.54) is 23.6 Å². The Balaban J connectivity index is 1.66. The number of rotatable bonds is 4. The zero-order valence-corrected chi connectivity index (χ0v) is 13.6. The van der Waals surface area contributed by atoms with Gasteiger partial charge in [-0.3, -0.25) is 9.69 Å². The Kier molecular flexibility index (Phi) is 3.83. The maximum Gasteiger partial charge on any atom is 0.216 e. The molecule has 2 aromatic carbocycles. The first-order valence-corrected chi connectivity index (χ1v) is 8.91. The Bertz CT molecular complexity index is 836. The number of carbonyl (C=O) groups excluding carboxylic acids is 1. The molecule has 0 bridgehead atoms. The molecule has 4 rings (SSSR count). The van der Waals surface area contributed by atoms with E-state index in [1.807, 2.05) is 22.4 Å². The van der Waals surface area contributed by atoms with Crippen LogP contribution in [0.5, 0.6) is 0 Å². The summed E-state index contributed by atoms with van der Waals surface area (Å²) in [4.78, 5) is 18.0. The van der Waals surface area contributed by atoms with E-state index in [4.69, 9.17) is 4.98 Å². The predicted octanol–water partition coefficient (Wildman–Crippen LogP) is 4.87. The van der Waals surface area contributed by atoms with Crippen LogP contribution < -0.4 is 4.90 Å². The highest BCUT2D eigenvalue weighted by Gasteiger charge is 2.24. The molecule has 1 fully saturated rings. The number of thiazole rings is 1. The Labute approximate surface area is 139 Å². The van der Waals surface area contributed by atoms with Gasteiger partial charge in [-0.15, -0.1) is 11.3 Å². The number of nitrogens with zero attached hydrogens (tertiary/aromatic N) is 2. The summed E-state index contributed by atoms with van der Waals surface area (Å²) in [6, 6.07) is 15.0. The van der Waals surface area contributed by atoms with Gasteiger partial charge in [0, 0.05) is 17.0 Å². The van der Waals surface area contributed by atoms with Crippen molar-refractivity contribution in [1.82, 2.24) is 4.98 Å². The molecule has 0 aliphatic heterocycles. The van der Waals surface area contributed by atoms with Gasteiger partial charge in [0.15, 0.2) is 5.13 Å². The number of hydrogen-bond acceptors (Lipinski definition) is 3. The van der Waals surface area contributed by atoms with Crippen LogP contribution in [-0.2, 0) is 4.79 Å². The lowest BCUT2D eigenvalue weighted by molar-refractivity contribution is -0.107. The van der Waals surface area contributed by atoms with Gasteiger partial charge in [0.2, 0.25) is 6.41 Å². The van der Waals surface area contributed by atoms with Gasteiger partial charge in [-0.05, 0) is 29.7 Å². The maximum atomic E-state index is 11.5. The van der Waals surface area contributed by atoms with Crippen LogP contribution in [0.2, 0.25) is 0 Å². The molecule has 4 heteroatoms. The van der Waals surface area contributed by atoms with Crippen LogP contribution in [0, 0.1) is 0 Å². The highest BCUT2D eigenvalue weighted by atomic mass is 32.1. The van der Waals surface area contributed by atoms with E-state index in [0.717, 1.165) is 35.6 Å². The van der Waals surface area contributed by atoms with Crippen molar-refractivity contribution in [2.75, 3.05) is 4.90 Å². The molecule has 0 radical (unpaired) electrons. The minimum absolute atomic E-state index is 0.322. The van der Waals surface area contributed by atoms with E-state index in [0.29, 0.717) is 6.04 Å². The van der Waals surface area contributed by atoms with E-state index in [2.05, 4.69) is 30.3 Å². The number of amides is 1. The fraction of sp³-hybridized carbons (Fsp3) is 0.263. The molecule has 3 aromatic rings. The van der Waals surface area contributed by atoms with Gasteiger partial charge in [0.25, 0.3) is 0 Å². The number of aromatic nitrogens is 1. The summed E-state index contributed by atoms with van der Waals surface area (Å²) in [5.41, 5.74) is 2.05. The van der Waals surface area contributed by atoms with Crippen LogP contribution in [0.25, 0.3) is 22.0 Å². The molecule has 1 amide bonds. The van der Waals surface area contributed by atoms with Crippen molar-refractivity contribution >= 4 is 33.7 Å². The second-order valence-electron chi connectivity index (χ2n) is 6.03. The Hall–Kier alpha value is -2.20. The zero-order chi connectivity index (χ0) is 15.6. The smallest absolute Gasteiger partial charge is 0.216 e. The van der Waals surface area contributed by atoms with E-state index >= 15 is 0 Å². The van der Waals surface area contributed by atoms with E-state index in [1.54, 1.807) is 11.3 Å². The first-order chi connectivity index (χ1) is 11.3. The van der Waals surface area contributed by atoms with Crippen molar-refractivity contribution < 1.29 is 4.79 Å². The van der Waals surface area contributed by atoms with Crippen molar-refractivity contribution in [2.45, 2.75) is 31.7 Å². The lowest BCUT2D eigenvalue weighted by Gasteiger charge is -2.21. The molecule has 1 saturated carbocycles. The number of carbonyl (C=O) groups is 1. The topological polar surface area (TPSA) is 33.2 Å². The number of benzene rings is 2. The molecule has 0 N–H and O–H groups in total. The van der Waals surface area contributed by atoms with Gasteiger partial charge in [-0.1, -0.05) is 49.2 Å². The van der Waals surface area contributed by atoms with Crippen molar-refractivity contribution in [3.63, 3.8) is 0 Å². The zero-order valence-electron chi connectivity index (χ0n) is 12.8. The fourth-order valence-electron chi connectivity index (χ4n) is 3.33.